The topological polar surface area (TPSA) is 85.6 Å². The maximum absolute atomic E-state index is 5.79. The first-order valence-electron chi connectivity index (χ1n) is 10.8. The van der Waals surface area contributed by atoms with Gasteiger partial charge in [-0.1, -0.05) is 17.7 Å². The molecule has 0 fully saturated rings. The number of unbranched alkanes of at least 4 members (excludes halogenated alkanes) is 1. The van der Waals surface area contributed by atoms with Gasteiger partial charge in [0.15, 0.2) is 11.8 Å². The molecule has 2 aromatic rings. The zero-order valence-electron chi connectivity index (χ0n) is 18.8. The molecule has 1 unspecified atom stereocenters. The minimum atomic E-state index is 0. The summed E-state index contributed by atoms with van der Waals surface area (Å²) in [5.41, 5.74) is 1.24. The fraction of sp³-hybridized carbons (Fsp3) is 0.591. The van der Waals surface area contributed by atoms with E-state index in [2.05, 4.69) is 46.7 Å². The fourth-order valence-electron chi connectivity index (χ4n) is 3.41. The monoisotopic (exact) mass is 542 g/mol. The van der Waals surface area contributed by atoms with Gasteiger partial charge in [-0.05, 0) is 45.2 Å². The number of aryl methyl sites for hydroxylation is 2. The van der Waals surface area contributed by atoms with E-state index in [0.29, 0.717) is 13.2 Å². The van der Waals surface area contributed by atoms with Gasteiger partial charge in [0.05, 0.1) is 13.2 Å². The second-order valence-electron chi connectivity index (χ2n) is 7.57. The number of hydrogen-bond acceptors (Lipinski definition) is 5. The van der Waals surface area contributed by atoms with Crippen LogP contribution >= 0.6 is 24.0 Å². The Balaban J connectivity index is 0.00000341. The second-order valence-corrected chi connectivity index (χ2v) is 7.57. The molecule has 1 aromatic carbocycles. The van der Waals surface area contributed by atoms with Crippen molar-refractivity contribution in [2.45, 2.75) is 58.7 Å². The molecule has 8 nitrogen and oxygen atoms in total. The quantitative estimate of drug-likeness (QED) is 0.208. The standard InChI is InChI=1S/C22H34N6O2.HI/c1-4-23-22(24-13-5-6-14-30-19-10-7-17(2)8-11-19)25-18-9-12-21-26-20(16-29-3)27-28(21)15-18;/h7-8,10-11,18H,4-6,9,12-16H2,1-3H3,(H2,23,24,25);1H. The van der Waals surface area contributed by atoms with E-state index in [1.807, 2.05) is 16.8 Å². The molecule has 0 spiro atoms. The number of methoxy groups -OCH3 is 1. The van der Waals surface area contributed by atoms with Gasteiger partial charge in [-0.3, -0.25) is 4.99 Å². The highest BCUT2D eigenvalue weighted by atomic mass is 127. The highest BCUT2D eigenvalue weighted by Gasteiger charge is 2.22. The van der Waals surface area contributed by atoms with Crippen LogP contribution < -0.4 is 15.4 Å². The van der Waals surface area contributed by atoms with Crippen LogP contribution in [0.3, 0.4) is 0 Å². The van der Waals surface area contributed by atoms with E-state index in [-0.39, 0.29) is 30.0 Å². The number of fused-ring (bicyclic) bond motifs is 1. The summed E-state index contributed by atoms with van der Waals surface area (Å²) in [7, 11) is 1.66. The van der Waals surface area contributed by atoms with Crippen molar-refractivity contribution < 1.29 is 9.47 Å². The number of halogens is 1. The summed E-state index contributed by atoms with van der Waals surface area (Å²) in [6, 6.07) is 8.46. The molecule has 0 aliphatic carbocycles. The van der Waals surface area contributed by atoms with Crippen LogP contribution in [0.15, 0.2) is 29.3 Å². The number of nitrogens with one attached hydrogen (secondary N) is 2. The average molecular weight is 542 g/mol. The van der Waals surface area contributed by atoms with Gasteiger partial charge in [-0.2, -0.15) is 5.10 Å². The van der Waals surface area contributed by atoms with Crippen molar-refractivity contribution in [1.82, 2.24) is 25.4 Å². The Morgan fingerprint density at radius 3 is 2.81 bits per heavy atom. The maximum atomic E-state index is 5.79. The van der Waals surface area contributed by atoms with Crippen molar-refractivity contribution in [2.24, 2.45) is 4.99 Å². The molecule has 172 valence electrons. The summed E-state index contributed by atoms with van der Waals surface area (Å²) in [5, 5.41) is 11.4. The Labute approximate surface area is 202 Å². The first-order valence-corrected chi connectivity index (χ1v) is 10.8. The number of rotatable bonds is 10. The van der Waals surface area contributed by atoms with Crippen molar-refractivity contribution in [1.29, 1.82) is 0 Å². The molecule has 1 aliphatic heterocycles. The van der Waals surface area contributed by atoms with Gasteiger partial charge < -0.3 is 20.1 Å². The zero-order valence-corrected chi connectivity index (χ0v) is 21.1. The van der Waals surface area contributed by atoms with Crippen LogP contribution in [-0.4, -0.2) is 53.6 Å². The maximum Gasteiger partial charge on any atom is 0.191 e. The largest absolute Gasteiger partial charge is 0.494 e. The first-order chi connectivity index (χ1) is 14.7. The van der Waals surface area contributed by atoms with Crippen LogP contribution in [0.1, 0.15) is 43.4 Å². The number of hydrogen-bond donors (Lipinski definition) is 2. The normalized spacial score (nSPS) is 15.7. The highest BCUT2D eigenvalue weighted by Crippen LogP contribution is 2.14. The lowest BCUT2D eigenvalue weighted by atomic mass is 10.1. The van der Waals surface area contributed by atoms with E-state index < -0.39 is 0 Å². The molecular weight excluding hydrogens is 507 g/mol. The number of ether oxygens (including phenoxy) is 2. The number of aliphatic imine (C=N–C) groups is 1. The summed E-state index contributed by atoms with van der Waals surface area (Å²) < 4.78 is 12.9. The van der Waals surface area contributed by atoms with E-state index in [4.69, 9.17) is 14.5 Å². The Kier molecular flexibility index (Phi) is 11.1. The molecule has 0 amide bonds. The summed E-state index contributed by atoms with van der Waals surface area (Å²) in [6.07, 6.45) is 3.88. The minimum Gasteiger partial charge on any atom is -0.494 e. The second kappa shape index (κ2) is 13.5. The smallest absolute Gasteiger partial charge is 0.191 e. The number of benzene rings is 1. The lowest BCUT2D eigenvalue weighted by Crippen LogP contribution is -2.47. The average Bonchev–Trinajstić information content (AvgIpc) is 3.14. The Bertz CT molecular complexity index is 809. The van der Waals surface area contributed by atoms with Crippen molar-refractivity contribution in [3.63, 3.8) is 0 Å². The van der Waals surface area contributed by atoms with Crippen molar-refractivity contribution >= 4 is 29.9 Å². The molecule has 0 bridgehead atoms. The molecule has 0 saturated heterocycles. The molecule has 3 rings (SSSR count). The van der Waals surface area contributed by atoms with Crippen LogP contribution in [0.2, 0.25) is 0 Å². The summed E-state index contributed by atoms with van der Waals surface area (Å²) in [5.74, 6) is 3.58. The lowest BCUT2D eigenvalue weighted by Gasteiger charge is -2.25. The van der Waals surface area contributed by atoms with Crippen LogP contribution in [0.25, 0.3) is 0 Å². The SMILES string of the molecule is CCNC(=NCCCCOc1ccc(C)cc1)NC1CCc2nc(COC)nn2C1.I. The van der Waals surface area contributed by atoms with Gasteiger partial charge in [0.2, 0.25) is 0 Å². The van der Waals surface area contributed by atoms with Gasteiger partial charge >= 0.3 is 0 Å². The number of guanidine groups is 1. The molecule has 1 atom stereocenters. The molecule has 31 heavy (non-hydrogen) atoms. The van der Waals surface area contributed by atoms with E-state index >= 15 is 0 Å². The summed E-state index contributed by atoms with van der Waals surface area (Å²) in [6.45, 7) is 7.73. The molecule has 1 aromatic heterocycles. The van der Waals surface area contributed by atoms with E-state index in [0.717, 1.165) is 68.7 Å². The van der Waals surface area contributed by atoms with Crippen molar-refractivity contribution in [3.8, 4) is 5.75 Å². The van der Waals surface area contributed by atoms with E-state index in [1.165, 1.54) is 5.56 Å². The molecule has 9 heteroatoms. The zero-order chi connectivity index (χ0) is 21.2. The van der Waals surface area contributed by atoms with Gasteiger partial charge in [0.25, 0.3) is 0 Å². The van der Waals surface area contributed by atoms with Gasteiger partial charge in [-0.25, -0.2) is 9.67 Å². The van der Waals surface area contributed by atoms with Gasteiger partial charge in [0, 0.05) is 32.7 Å². The Morgan fingerprint density at radius 1 is 1.26 bits per heavy atom. The van der Waals surface area contributed by atoms with Crippen LogP contribution in [-0.2, 0) is 24.3 Å². The Morgan fingerprint density at radius 2 is 2.06 bits per heavy atom. The third kappa shape index (κ3) is 8.29. The number of nitrogens with zero attached hydrogens (tertiary/aromatic N) is 4. The molecule has 0 saturated carbocycles. The molecule has 2 heterocycles. The summed E-state index contributed by atoms with van der Waals surface area (Å²) >= 11 is 0. The van der Waals surface area contributed by atoms with Crippen LogP contribution in [0.4, 0.5) is 0 Å². The Hall–Kier alpha value is -1.88. The third-order valence-electron chi connectivity index (χ3n) is 4.97. The predicted molar refractivity (Wildman–Crippen MR) is 133 cm³/mol. The number of aromatic nitrogens is 3. The van der Waals surface area contributed by atoms with Crippen molar-refractivity contribution in [3.05, 3.63) is 41.5 Å². The van der Waals surface area contributed by atoms with Gasteiger partial charge in [0.1, 0.15) is 18.2 Å². The molecule has 2 N–H and O–H groups in total. The van der Waals surface area contributed by atoms with Crippen LogP contribution in [0, 0.1) is 6.92 Å². The van der Waals surface area contributed by atoms with E-state index in [9.17, 15) is 0 Å². The molecule has 0 radical (unpaired) electrons. The fourth-order valence-corrected chi connectivity index (χ4v) is 3.41. The lowest BCUT2D eigenvalue weighted by molar-refractivity contribution is 0.177. The third-order valence-corrected chi connectivity index (χ3v) is 4.97. The molecule has 1 aliphatic rings. The van der Waals surface area contributed by atoms with Crippen LogP contribution in [0.5, 0.6) is 5.75 Å². The predicted octanol–water partition coefficient (Wildman–Crippen LogP) is 3.08. The highest BCUT2D eigenvalue weighted by molar-refractivity contribution is 14.0. The van der Waals surface area contributed by atoms with E-state index in [1.54, 1.807) is 7.11 Å². The first kappa shape index (κ1) is 25.4. The van der Waals surface area contributed by atoms with Crippen molar-refractivity contribution in [2.75, 3.05) is 26.8 Å². The molecular formula is C22H35IN6O2. The minimum absolute atomic E-state index is 0. The summed E-state index contributed by atoms with van der Waals surface area (Å²) in [4.78, 5) is 9.26. The van der Waals surface area contributed by atoms with Gasteiger partial charge in [-0.15, -0.1) is 24.0 Å².